The van der Waals surface area contributed by atoms with Gasteiger partial charge in [0.25, 0.3) is 0 Å². The molecule has 0 heterocycles. The van der Waals surface area contributed by atoms with Crippen LogP contribution in [0.3, 0.4) is 0 Å². The molecule has 0 N–H and O–H groups in total. The van der Waals surface area contributed by atoms with E-state index in [0.29, 0.717) is 15.5 Å². The Kier molecular flexibility index (Phi) is 2.21. The predicted molar refractivity (Wildman–Crippen MR) is 43.4 cm³/mol. The first-order chi connectivity index (χ1) is 4.61. The van der Waals surface area contributed by atoms with E-state index in [4.69, 9.17) is 11.6 Å². The van der Waals surface area contributed by atoms with Gasteiger partial charge in [0.05, 0.1) is 5.02 Å². The van der Waals surface area contributed by atoms with E-state index in [0.717, 1.165) is 0 Å². The van der Waals surface area contributed by atoms with Gasteiger partial charge >= 0.3 is 0 Å². The molecule has 54 valence electrons. The largest absolute Gasteiger partial charge is 0.207 e. The van der Waals surface area contributed by atoms with Crippen LogP contribution in [0.1, 0.15) is 5.56 Å². The summed E-state index contributed by atoms with van der Waals surface area (Å²) in [4.78, 5) is 0.485. The van der Waals surface area contributed by atoms with Crippen molar-refractivity contribution in [3.8, 4) is 0 Å². The summed E-state index contributed by atoms with van der Waals surface area (Å²) in [5.74, 6) is -0.299. The molecule has 0 nitrogen and oxygen atoms in total. The first-order valence-corrected chi connectivity index (χ1v) is 3.58. The van der Waals surface area contributed by atoms with Gasteiger partial charge in [0.15, 0.2) is 0 Å². The lowest BCUT2D eigenvalue weighted by molar-refractivity contribution is 0.623. The fourth-order valence-corrected chi connectivity index (χ4v) is 1.12. The van der Waals surface area contributed by atoms with Crippen LogP contribution >= 0.6 is 24.2 Å². The van der Waals surface area contributed by atoms with Gasteiger partial charge in [-0.2, -0.15) is 0 Å². The minimum Gasteiger partial charge on any atom is -0.207 e. The predicted octanol–water partition coefficient (Wildman–Crippen LogP) is 3.08. The highest BCUT2D eigenvalue weighted by Gasteiger charge is 2.01. The van der Waals surface area contributed by atoms with Gasteiger partial charge in [0.1, 0.15) is 5.82 Å². The lowest BCUT2D eigenvalue weighted by Gasteiger charge is -1.99. The van der Waals surface area contributed by atoms with Crippen LogP contribution in [0.2, 0.25) is 5.02 Å². The fraction of sp³-hybridized carbons (Fsp3) is 0.143. The Balaban J connectivity index is 3.31. The maximum atomic E-state index is 12.5. The van der Waals surface area contributed by atoms with Crippen molar-refractivity contribution >= 4 is 24.2 Å². The Morgan fingerprint density at radius 3 is 2.60 bits per heavy atom. The molecule has 1 aromatic rings. The minimum absolute atomic E-state index is 0.299. The Morgan fingerprint density at radius 2 is 2.10 bits per heavy atom. The fourth-order valence-electron chi connectivity index (χ4n) is 0.708. The second kappa shape index (κ2) is 2.81. The second-order valence-electron chi connectivity index (χ2n) is 2.06. The molecule has 0 spiro atoms. The lowest BCUT2D eigenvalue weighted by Crippen LogP contribution is -1.80. The van der Waals surface area contributed by atoms with Gasteiger partial charge in [-0.1, -0.05) is 11.6 Å². The number of hydrogen-bond donors (Lipinski definition) is 1. The first kappa shape index (κ1) is 7.89. The third kappa shape index (κ3) is 1.44. The molecule has 0 saturated heterocycles. The molecule has 1 aromatic carbocycles. The van der Waals surface area contributed by atoms with E-state index in [2.05, 4.69) is 12.6 Å². The molecule has 0 radical (unpaired) electrons. The van der Waals surface area contributed by atoms with E-state index in [9.17, 15) is 4.39 Å². The zero-order valence-corrected chi connectivity index (χ0v) is 7.01. The van der Waals surface area contributed by atoms with Crippen LogP contribution in [0.25, 0.3) is 0 Å². The van der Waals surface area contributed by atoms with Crippen molar-refractivity contribution in [3.05, 3.63) is 28.5 Å². The van der Waals surface area contributed by atoms with Crippen molar-refractivity contribution in [3.63, 3.8) is 0 Å². The summed E-state index contributed by atoms with van der Waals surface area (Å²) in [5, 5.41) is 0.518. The van der Waals surface area contributed by atoms with E-state index in [1.54, 1.807) is 6.92 Å². The molecule has 0 saturated carbocycles. The molecule has 0 aromatic heterocycles. The Morgan fingerprint density at radius 1 is 1.50 bits per heavy atom. The quantitative estimate of drug-likeness (QED) is 0.577. The standard InChI is InChI=1S/C7H6ClFS/c1-4-2-5(9)3-6(10)7(4)8/h2-3,10H,1H3. The highest BCUT2D eigenvalue weighted by molar-refractivity contribution is 7.80. The van der Waals surface area contributed by atoms with Crippen molar-refractivity contribution in [2.24, 2.45) is 0 Å². The minimum atomic E-state index is -0.299. The summed E-state index contributed by atoms with van der Waals surface area (Å²) in [6.07, 6.45) is 0. The highest BCUT2D eigenvalue weighted by Crippen LogP contribution is 2.24. The molecule has 10 heavy (non-hydrogen) atoms. The molecule has 0 aliphatic heterocycles. The summed E-state index contributed by atoms with van der Waals surface area (Å²) in [6.45, 7) is 1.74. The maximum Gasteiger partial charge on any atom is 0.124 e. The van der Waals surface area contributed by atoms with E-state index >= 15 is 0 Å². The highest BCUT2D eigenvalue weighted by atomic mass is 35.5. The molecule has 0 atom stereocenters. The third-order valence-corrected chi connectivity index (χ3v) is 2.19. The molecular weight excluding hydrogens is 171 g/mol. The van der Waals surface area contributed by atoms with Crippen molar-refractivity contribution in [1.82, 2.24) is 0 Å². The summed E-state index contributed by atoms with van der Waals surface area (Å²) in [6, 6.07) is 2.67. The van der Waals surface area contributed by atoms with E-state index in [1.807, 2.05) is 0 Å². The number of halogens is 2. The van der Waals surface area contributed by atoms with E-state index in [-0.39, 0.29) is 5.82 Å². The molecule has 0 aliphatic carbocycles. The molecule has 1 rings (SSSR count). The Labute approximate surface area is 69.4 Å². The molecule has 3 heteroatoms. The van der Waals surface area contributed by atoms with Gasteiger partial charge in [-0.15, -0.1) is 12.6 Å². The average Bonchev–Trinajstić information content (AvgIpc) is 1.82. The summed E-state index contributed by atoms with van der Waals surface area (Å²) >= 11 is 9.67. The summed E-state index contributed by atoms with van der Waals surface area (Å²) in [5.41, 5.74) is 0.715. The van der Waals surface area contributed by atoms with Gasteiger partial charge in [-0.25, -0.2) is 4.39 Å². The molecule has 0 aliphatic rings. The topological polar surface area (TPSA) is 0 Å². The van der Waals surface area contributed by atoms with Crippen LogP contribution in [0.5, 0.6) is 0 Å². The van der Waals surface area contributed by atoms with Crippen LogP contribution in [0, 0.1) is 12.7 Å². The van der Waals surface area contributed by atoms with Gasteiger partial charge in [-0.05, 0) is 24.6 Å². The normalized spacial score (nSPS) is 10.0. The molecule has 0 unspecified atom stereocenters. The number of aryl methyl sites for hydroxylation is 1. The average molecular weight is 177 g/mol. The zero-order valence-electron chi connectivity index (χ0n) is 5.36. The van der Waals surface area contributed by atoms with Gasteiger partial charge in [0.2, 0.25) is 0 Å². The van der Waals surface area contributed by atoms with E-state index in [1.165, 1.54) is 12.1 Å². The maximum absolute atomic E-state index is 12.5. The zero-order chi connectivity index (χ0) is 7.72. The van der Waals surface area contributed by atoms with Crippen LogP contribution in [0.4, 0.5) is 4.39 Å². The van der Waals surface area contributed by atoms with Crippen LogP contribution in [0.15, 0.2) is 17.0 Å². The van der Waals surface area contributed by atoms with Crippen molar-refractivity contribution in [2.75, 3.05) is 0 Å². The summed E-state index contributed by atoms with van der Waals surface area (Å²) < 4.78 is 12.5. The van der Waals surface area contributed by atoms with Gasteiger partial charge in [0, 0.05) is 4.90 Å². The number of thiol groups is 1. The molecular formula is C7H6ClFS. The van der Waals surface area contributed by atoms with Crippen molar-refractivity contribution in [1.29, 1.82) is 0 Å². The molecule has 0 bridgehead atoms. The Hall–Kier alpha value is -0.210. The van der Waals surface area contributed by atoms with E-state index < -0.39 is 0 Å². The van der Waals surface area contributed by atoms with Gasteiger partial charge < -0.3 is 0 Å². The molecule has 0 amide bonds. The van der Waals surface area contributed by atoms with Crippen molar-refractivity contribution < 1.29 is 4.39 Å². The van der Waals surface area contributed by atoms with Crippen LogP contribution in [-0.4, -0.2) is 0 Å². The van der Waals surface area contributed by atoms with Crippen LogP contribution < -0.4 is 0 Å². The lowest BCUT2D eigenvalue weighted by atomic mass is 10.2. The third-order valence-electron chi connectivity index (χ3n) is 1.20. The number of hydrogen-bond acceptors (Lipinski definition) is 1. The summed E-state index contributed by atoms with van der Waals surface area (Å²) in [7, 11) is 0. The SMILES string of the molecule is Cc1cc(F)cc(S)c1Cl. The molecule has 0 fully saturated rings. The Bertz CT molecular complexity index is 237. The number of rotatable bonds is 0. The first-order valence-electron chi connectivity index (χ1n) is 2.76. The van der Waals surface area contributed by atoms with Crippen molar-refractivity contribution in [2.45, 2.75) is 11.8 Å². The number of benzene rings is 1. The smallest absolute Gasteiger partial charge is 0.124 e. The van der Waals surface area contributed by atoms with Gasteiger partial charge in [-0.3, -0.25) is 0 Å². The monoisotopic (exact) mass is 176 g/mol. The van der Waals surface area contributed by atoms with Crippen LogP contribution in [-0.2, 0) is 0 Å². The second-order valence-corrected chi connectivity index (χ2v) is 2.92.